The van der Waals surface area contributed by atoms with E-state index in [0.29, 0.717) is 23.0 Å². The van der Waals surface area contributed by atoms with E-state index in [-0.39, 0.29) is 17.8 Å². The highest BCUT2D eigenvalue weighted by atomic mass is 16.5. The van der Waals surface area contributed by atoms with E-state index in [2.05, 4.69) is 20.3 Å². The molecule has 0 saturated heterocycles. The smallest absolute Gasteiger partial charge is 0.289 e. The van der Waals surface area contributed by atoms with Gasteiger partial charge in [0.25, 0.3) is 5.91 Å². The Morgan fingerprint density at radius 2 is 1.73 bits per heavy atom. The van der Waals surface area contributed by atoms with Crippen LogP contribution in [0.2, 0.25) is 0 Å². The van der Waals surface area contributed by atoms with Gasteiger partial charge >= 0.3 is 0 Å². The van der Waals surface area contributed by atoms with Crippen LogP contribution in [0.1, 0.15) is 40.4 Å². The molecule has 0 fully saturated rings. The van der Waals surface area contributed by atoms with Crippen LogP contribution in [-0.2, 0) is 0 Å². The Balaban J connectivity index is 1.95. The number of pyridine rings is 1. The maximum absolute atomic E-state index is 13.0. The van der Waals surface area contributed by atoms with Crippen molar-refractivity contribution in [3.05, 3.63) is 46.9 Å². The highest BCUT2D eigenvalue weighted by molar-refractivity contribution is 5.96. The number of nitrogens with one attached hydrogen (secondary N) is 1. The minimum Gasteiger partial charge on any atom is -0.493 e. The molecule has 0 aliphatic rings. The van der Waals surface area contributed by atoms with Gasteiger partial charge in [-0.25, -0.2) is 15.0 Å². The molecule has 1 N–H and O–H groups in total. The van der Waals surface area contributed by atoms with Gasteiger partial charge in [-0.1, -0.05) is 6.07 Å². The average molecular weight is 409 g/mol. The number of ether oxygens (including phenoxy) is 2. The van der Waals surface area contributed by atoms with Crippen molar-refractivity contribution in [1.29, 1.82) is 0 Å². The van der Waals surface area contributed by atoms with Crippen LogP contribution in [0.25, 0.3) is 11.0 Å². The largest absolute Gasteiger partial charge is 0.493 e. The Morgan fingerprint density at radius 3 is 2.37 bits per heavy atom. The molecule has 0 aliphatic heterocycles. The number of benzene rings is 1. The lowest BCUT2D eigenvalue weighted by Gasteiger charge is -2.18. The van der Waals surface area contributed by atoms with Gasteiger partial charge in [-0.3, -0.25) is 4.79 Å². The second kappa shape index (κ2) is 8.52. The Labute approximate surface area is 176 Å². The molecule has 0 saturated carbocycles. The number of aromatic nitrogens is 3. The third-order valence-corrected chi connectivity index (χ3v) is 4.85. The first-order chi connectivity index (χ1) is 14.2. The topological polar surface area (TPSA) is 89.5 Å². The monoisotopic (exact) mass is 409 g/mol. The normalized spacial score (nSPS) is 11.8. The van der Waals surface area contributed by atoms with Gasteiger partial charge in [0.05, 0.1) is 25.6 Å². The van der Waals surface area contributed by atoms with Crippen molar-refractivity contribution in [2.24, 2.45) is 0 Å². The fourth-order valence-corrected chi connectivity index (χ4v) is 3.35. The van der Waals surface area contributed by atoms with E-state index in [1.165, 1.54) is 0 Å². The van der Waals surface area contributed by atoms with E-state index in [4.69, 9.17) is 9.47 Å². The maximum atomic E-state index is 13.0. The quantitative estimate of drug-likeness (QED) is 0.669. The van der Waals surface area contributed by atoms with Crippen molar-refractivity contribution >= 4 is 22.8 Å². The first-order valence-electron chi connectivity index (χ1n) is 9.61. The summed E-state index contributed by atoms with van der Waals surface area (Å²) in [7, 11) is 6.93. The molecule has 1 unspecified atom stereocenters. The second-order valence-corrected chi connectivity index (χ2v) is 7.35. The third kappa shape index (κ3) is 4.12. The van der Waals surface area contributed by atoms with Gasteiger partial charge in [-0.2, -0.15) is 0 Å². The number of carbonyl (C=O) groups is 1. The predicted molar refractivity (Wildman–Crippen MR) is 117 cm³/mol. The number of fused-ring (bicyclic) bond motifs is 1. The average Bonchev–Trinajstić information content (AvgIpc) is 2.71. The van der Waals surface area contributed by atoms with Gasteiger partial charge in [-0.15, -0.1) is 0 Å². The lowest BCUT2D eigenvalue weighted by atomic mass is 10.1. The highest BCUT2D eigenvalue weighted by Crippen LogP contribution is 2.30. The van der Waals surface area contributed by atoms with Gasteiger partial charge in [0.15, 0.2) is 17.1 Å². The van der Waals surface area contributed by atoms with Crippen LogP contribution in [0.3, 0.4) is 0 Å². The van der Waals surface area contributed by atoms with Crippen LogP contribution in [0, 0.1) is 13.8 Å². The first kappa shape index (κ1) is 21.3. The molecule has 0 bridgehead atoms. The van der Waals surface area contributed by atoms with Gasteiger partial charge < -0.3 is 19.7 Å². The summed E-state index contributed by atoms with van der Waals surface area (Å²) in [4.78, 5) is 28.3. The maximum Gasteiger partial charge on any atom is 0.289 e. The van der Waals surface area contributed by atoms with Crippen LogP contribution >= 0.6 is 0 Å². The Morgan fingerprint density at radius 1 is 1.03 bits per heavy atom. The summed E-state index contributed by atoms with van der Waals surface area (Å²) in [6.07, 6.45) is 0. The van der Waals surface area contributed by atoms with Gasteiger partial charge in [0.1, 0.15) is 5.82 Å². The Hall–Kier alpha value is -3.42. The number of aryl methyl sites for hydroxylation is 2. The molecule has 3 aromatic rings. The number of anilines is 1. The van der Waals surface area contributed by atoms with Gasteiger partial charge in [0, 0.05) is 19.8 Å². The number of hydrogen-bond acceptors (Lipinski definition) is 7. The molecule has 1 atom stereocenters. The lowest BCUT2D eigenvalue weighted by Crippen LogP contribution is -2.29. The molecular formula is C22H27N5O3. The summed E-state index contributed by atoms with van der Waals surface area (Å²) in [5.74, 6) is 1.60. The van der Waals surface area contributed by atoms with Gasteiger partial charge in [0.2, 0.25) is 5.82 Å². The molecule has 0 aliphatic carbocycles. The first-order valence-corrected chi connectivity index (χ1v) is 9.61. The summed E-state index contributed by atoms with van der Waals surface area (Å²) in [5.41, 5.74) is 3.25. The number of amides is 1. The zero-order valence-electron chi connectivity index (χ0n) is 18.4. The standard InChI is InChI=1S/C22H27N5O3/c1-12-10-13(2)23-19-18(12)21(27(4)5)26-20(25-19)22(28)24-14(3)15-8-9-16(29-6)17(11-15)30-7/h8-11,14H,1-7H3,(H,24,28). The van der Waals surface area contributed by atoms with E-state index < -0.39 is 0 Å². The number of methoxy groups -OCH3 is 2. The zero-order chi connectivity index (χ0) is 22.0. The van der Waals surface area contributed by atoms with Crippen molar-refractivity contribution in [2.75, 3.05) is 33.2 Å². The second-order valence-electron chi connectivity index (χ2n) is 7.35. The fourth-order valence-electron chi connectivity index (χ4n) is 3.35. The molecular weight excluding hydrogens is 382 g/mol. The number of carbonyl (C=O) groups excluding carboxylic acids is 1. The Bertz CT molecular complexity index is 1100. The minimum atomic E-state index is -0.372. The van der Waals surface area contributed by atoms with E-state index in [9.17, 15) is 4.79 Å². The molecule has 30 heavy (non-hydrogen) atoms. The van der Waals surface area contributed by atoms with E-state index in [1.54, 1.807) is 14.2 Å². The molecule has 1 amide bonds. The predicted octanol–water partition coefficient (Wildman–Crippen LogP) is 3.22. The van der Waals surface area contributed by atoms with Crippen molar-refractivity contribution in [3.8, 4) is 11.5 Å². The summed E-state index contributed by atoms with van der Waals surface area (Å²) in [6.45, 7) is 5.79. The van der Waals surface area contributed by atoms with Crippen molar-refractivity contribution < 1.29 is 14.3 Å². The number of nitrogens with zero attached hydrogens (tertiary/aromatic N) is 4. The highest BCUT2D eigenvalue weighted by Gasteiger charge is 2.20. The third-order valence-electron chi connectivity index (χ3n) is 4.85. The Kier molecular flexibility index (Phi) is 6.05. The molecule has 3 rings (SSSR count). The van der Waals surface area contributed by atoms with Crippen molar-refractivity contribution in [1.82, 2.24) is 20.3 Å². The van der Waals surface area contributed by atoms with Crippen LogP contribution in [0.15, 0.2) is 24.3 Å². The summed E-state index contributed by atoms with van der Waals surface area (Å²) in [5, 5.41) is 3.80. The molecule has 8 nitrogen and oxygen atoms in total. The van der Waals surface area contributed by atoms with E-state index >= 15 is 0 Å². The van der Waals surface area contributed by atoms with Crippen LogP contribution in [0.4, 0.5) is 5.82 Å². The lowest BCUT2D eigenvalue weighted by molar-refractivity contribution is 0.0929. The summed E-state index contributed by atoms with van der Waals surface area (Å²) in [6, 6.07) is 7.23. The van der Waals surface area contributed by atoms with Gasteiger partial charge in [-0.05, 0) is 50.1 Å². The number of rotatable bonds is 6. The molecule has 2 aromatic heterocycles. The summed E-state index contributed by atoms with van der Waals surface area (Å²) >= 11 is 0. The minimum absolute atomic E-state index is 0.0797. The fraction of sp³-hybridized carbons (Fsp3) is 0.364. The van der Waals surface area contributed by atoms with E-state index in [0.717, 1.165) is 22.2 Å². The molecule has 158 valence electrons. The molecule has 2 heterocycles. The van der Waals surface area contributed by atoms with Crippen LogP contribution < -0.4 is 19.7 Å². The summed E-state index contributed by atoms with van der Waals surface area (Å²) < 4.78 is 10.6. The van der Waals surface area contributed by atoms with Crippen LogP contribution in [-0.4, -0.2) is 49.2 Å². The SMILES string of the molecule is COc1ccc(C(C)NC(=O)c2nc(N(C)C)c3c(C)cc(C)nc3n2)cc1OC. The molecule has 1 aromatic carbocycles. The molecule has 0 radical (unpaired) electrons. The molecule has 0 spiro atoms. The van der Waals surface area contributed by atoms with Crippen molar-refractivity contribution in [2.45, 2.75) is 26.8 Å². The zero-order valence-corrected chi connectivity index (χ0v) is 18.4. The molecule has 8 heteroatoms. The van der Waals surface area contributed by atoms with Crippen LogP contribution in [0.5, 0.6) is 11.5 Å². The number of hydrogen-bond donors (Lipinski definition) is 1. The van der Waals surface area contributed by atoms with E-state index in [1.807, 2.05) is 64.0 Å². The van der Waals surface area contributed by atoms with Crippen molar-refractivity contribution in [3.63, 3.8) is 0 Å².